The number of carbonyl (C=O) groups excluding carboxylic acids is 2. The Morgan fingerprint density at radius 3 is 2.52 bits per heavy atom. The number of amides is 1. The highest BCUT2D eigenvalue weighted by atomic mass is 16.5. The molecule has 0 bridgehead atoms. The summed E-state index contributed by atoms with van der Waals surface area (Å²) in [6.45, 7) is 2.53. The molecule has 8 heteroatoms. The first kappa shape index (κ1) is 22.5. The van der Waals surface area contributed by atoms with Crippen LogP contribution in [0.4, 0.5) is 0 Å². The van der Waals surface area contributed by atoms with Gasteiger partial charge < -0.3 is 14.4 Å². The Morgan fingerprint density at radius 1 is 1.06 bits per heavy atom. The molecule has 3 aromatic rings. The smallest absolute Gasteiger partial charge is 0.275 e. The van der Waals surface area contributed by atoms with Crippen LogP contribution in [-0.2, 0) is 11.3 Å². The molecule has 33 heavy (non-hydrogen) atoms. The fourth-order valence-electron chi connectivity index (χ4n) is 4.38. The van der Waals surface area contributed by atoms with Crippen LogP contribution in [0.1, 0.15) is 28.9 Å². The SMILES string of the molecule is COc1ccc(C(=O)[C@H]2CCCN(C(=O)Cn3nc(C)c4ccccc4c3=O)C2)cc1OC. The van der Waals surface area contributed by atoms with Crippen LogP contribution in [0.15, 0.2) is 47.3 Å². The summed E-state index contributed by atoms with van der Waals surface area (Å²) in [6.07, 6.45) is 1.42. The maximum Gasteiger partial charge on any atom is 0.275 e. The van der Waals surface area contributed by atoms with Crippen LogP contribution in [0.5, 0.6) is 11.5 Å². The van der Waals surface area contributed by atoms with Gasteiger partial charge in [0.2, 0.25) is 5.91 Å². The van der Waals surface area contributed by atoms with Crippen molar-refractivity contribution < 1.29 is 19.1 Å². The third-order valence-corrected chi connectivity index (χ3v) is 6.15. The minimum absolute atomic E-state index is 0.0368. The molecule has 2 aromatic carbocycles. The van der Waals surface area contributed by atoms with Crippen molar-refractivity contribution in [2.75, 3.05) is 27.3 Å². The van der Waals surface area contributed by atoms with Crippen molar-refractivity contribution in [3.63, 3.8) is 0 Å². The number of hydrogen-bond acceptors (Lipinski definition) is 6. The number of hydrogen-bond donors (Lipinski definition) is 0. The molecular weight excluding hydrogens is 422 g/mol. The van der Waals surface area contributed by atoms with E-state index in [0.717, 1.165) is 5.39 Å². The number of ether oxygens (including phenoxy) is 2. The predicted octanol–water partition coefficient (Wildman–Crippen LogP) is 2.84. The van der Waals surface area contributed by atoms with Crippen molar-refractivity contribution in [1.29, 1.82) is 0 Å². The molecule has 1 aliphatic heterocycles. The second-order valence-electron chi connectivity index (χ2n) is 8.21. The Morgan fingerprint density at radius 2 is 1.79 bits per heavy atom. The Kier molecular flexibility index (Phi) is 6.44. The van der Waals surface area contributed by atoms with Crippen molar-refractivity contribution in [3.8, 4) is 11.5 Å². The summed E-state index contributed by atoms with van der Waals surface area (Å²) in [7, 11) is 3.07. The number of benzene rings is 2. The van der Waals surface area contributed by atoms with Crippen molar-refractivity contribution >= 4 is 22.5 Å². The zero-order valence-electron chi connectivity index (χ0n) is 19.0. The van der Waals surface area contributed by atoms with Crippen molar-refractivity contribution in [3.05, 3.63) is 64.1 Å². The molecule has 172 valence electrons. The van der Waals surface area contributed by atoms with E-state index in [9.17, 15) is 14.4 Å². The van der Waals surface area contributed by atoms with Gasteiger partial charge in [-0.05, 0) is 44.0 Å². The summed E-state index contributed by atoms with van der Waals surface area (Å²) in [6, 6.07) is 12.3. The zero-order valence-corrected chi connectivity index (χ0v) is 19.0. The van der Waals surface area contributed by atoms with Gasteiger partial charge in [0.15, 0.2) is 17.3 Å². The molecule has 1 fully saturated rings. The van der Waals surface area contributed by atoms with Gasteiger partial charge in [-0.2, -0.15) is 5.10 Å². The van der Waals surface area contributed by atoms with Gasteiger partial charge >= 0.3 is 0 Å². The van der Waals surface area contributed by atoms with Gasteiger partial charge in [-0.3, -0.25) is 14.4 Å². The van der Waals surface area contributed by atoms with Crippen molar-refractivity contribution in [2.24, 2.45) is 5.92 Å². The zero-order chi connectivity index (χ0) is 23.5. The number of Topliss-reactive ketones (excluding diaryl/α,β-unsaturated/α-hetero) is 1. The summed E-state index contributed by atoms with van der Waals surface area (Å²) in [4.78, 5) is 40.7. The Balaban J connectivity index is 1.50. The van der Waals surface area contributed by atoms with Crippen LogP contribution < -0.4 is 15.0 Å². The average molecular weight is 450 g/mol. The fourth-order valence-corrected chi connectivity index (χ4v) is 4.38. The predicted molar refractivity (Wildman–Crippen MR) is 124 cm³/mol. The van der Waals surface area contributed by atoms with Gasteiger partial charge in [-0.15, -0.1) is 0 Å². The number of aromatic nitrogens is 2. The van der Waals surface area contributed by atoms with Crippen molar-refractivity contribution in [2.45, 2.75) is 26.3 Å². The minimum Gasteiger partial charge on any atom is -0.493 e. The quantitative estimate of drug-likeness (QED) is 0.538. The largest absolute Gasteiger partial charge is 0.493 e. The van der Waals surface area contributed by atoms with E-state index in [4.69, 9.17) is 9.47 Å². The first-order valence-electron chi connectivity index (χ1n) is 10.9. The van der Waals surface area contributed by atoms with E-state index in [2.05, 4.69) is 5.10 Å². The summed E-state index contributed by atoms with van der Waals surface area (Å²) >= 11 is 0. The lowest BCUT2D eigenvalue weighted by Gasteiger charge is -2.32. The van der Waals surface area contributed by atoms with Crippen LogP contribution in [-0.4, -0.2) is 53.7 Å². The van der Waals surface area contributed by atoms with Crippen LogP contribution in [0.2, 0.25) is 0 Å². The van der Waals surface area contributed by atoms with E-state index in [1.54, 1.807) is 42.3 Å². The molecule has 8 nitrogen and oxygen atoms in total. The molecule has 0 radical (unpaired) electrons. The highest BCUT2D eigenvalue weighted by Gasteiger charge is 2.30. The van der Waals surface area contributed by atoms with Gasteiger partial charge in [-0.25, -0.2) is 4.68 Å². The molecule has 0 N–H and O–H groups in total. The lowest BCUT2D eigenvalue weighted by Crippen LogP contribution is -2.45. The second-order valence-corrected chi connectivity index (χ2v) is 8.21. The van der Waals surface area contributed by atoms with Crippen LogP contribution in [0, 0.1) is 12.8 Å². The molecule has 1 aromatic heterocycles. The topological polar surface area (TPSA) is 90.7 Å². The number of methoxy groups -OCH3 is 2. The fraction of sp³-hybridized carbons (Fsp3) is 0.360. The lowest BCUT2D eigenvalue weighted by molar-refractivity contribution is -0.133. The van der Waals surface area contributed by atoms with Gasteiger partial charge in [0.25, 0.3) is 5.56 Å². The van der Waals surface area contributed by atoms with E-state index in [-0.39, 0.29) is 29.7 Å². The third-order valence-electron chi connectivity index (χ3n) is 6.15. The van der Waals surface area contributed by atoms with E-state index in [1.807, 2.05) is 19.1 Å². The number of piperidine rings is 1. The molecular formula is C25H27N3O5. The van der Waals surface area contributed by atoms with E-state index < -0.39 is 0 Å². The first-order valence-corrected chi connectivity index (χ1v) is 10.9. The molecule has 0 unspecified atom stereocenters. The van der Waals surface area contributed by atoms with Gasteiger partial charge in [-0.1, -0.05) is 18.2 Å². The Bertz CT molecular complexity index is 1270. The normalized spacial score (nSPS) is 16.0. The minimum atomic E-state index is -0.316. The number of nitrogens with zero attached hydrogens (tertiary/aromatic N) is 3. The highest BCUT2D eigenvalue weighted by molar-refractivity contribution is 5.99. The molecule has 1 amide bonds. The summed E-state index contributed by atoms with van der Waals surface area (Å²) in [5, 5.41) is 5.66. The number of ketones is 1. The van der Waals surface area contributed by atoms with Crippen molar-refractivity contribution in [1.82, 2.24) is 14.7 Å². The Labute approximate surface area is 191 Å². The third kappa shape index (κ3) is 4.46. The van der Waals surface area contributed by atoms with Crippen LogP contribution in [0.3, 0.4) is 0 Å². The van der Waals surface area contributed by atoms with Crippen LogP contribution >= 0.6 is 0 Å². The molecule has 0 spiro atoms. The monoisotopic (exact) mass is 449 g/mol. The molecule has 1 aliphatic rings. The number of fused-ring (bicyclic) bond motifs is 1. The summed E-state index contributed by atoms with van der Waals surface area (Å²) < 4.78 is 11.8. The molecule has 0 aliphatic carbocycles. The summed E-state index contributed by atoms with van der Waals surface area (Å²) in [5.74, 6) is 0.473. The Hall–Kier alpha value is -3.68. The lowest BCUT2D eigenvalue weighted by atomic mass is 9.89. The molecule has 1 atom stereocenters. The number of carbonyl (C=O) groups is 2. The standard InChI is InChI=1S/C25H27N3O5/c1-16-19-8-4-5-9-20(19)25(31)28(26-16)15-23(29)27-12-6-7-18(14-27)24(30)17-10-11-21(32-2)22(13-17)33-3/h4-5,8-11,13,18H,6-7,12,14-15H2,1-3H3/t18-/m0/s1. The van der Waals surface area contributed by atoms with Gasteiger partial charge in [0.1, 0.15) is 6.54 Å². The van der Waals surface area contributed by atoms with Crippen LogP contribution in [0.25, 0.3) is 10.8 Å². The van der Waals surface area contributed by atoms with Gasteiger partial charge in [0.05, 0.1) is 25.3 Å². The molecule has 2 heterocycles. The average Bonchev–Trinajstić information content (AvgIpc) is 2.86. The van der Waals surface area contributed by atoms with Gasteiger partial charge in [0, 0.05) is 30.0 Å². The van der Waals surface area contributed by atoms with E-state index >= 15 is 0 Å². The summed E-state index contributed by atoms with van der Waals surface area (Å²) in [5.41, 5.74) is 0.924. The first-order chi connectivity index (χ1) is 15.9. The van der Waals surface area contributed by atoms with E-state index in [1.165, 1.54) is 11.8 Å². The number of likely N-dealkylation sites (tertiary alicyclic amines) is 1. The van der Waals surface area contributed by atoms with E-state index in [0.29, 0.717) is 54.1 Å². The maximum absolute atomic E-state index is 13.1. The maximum atomic E-state index is 13.1. The number of rotatable bonds is 6. The number of aryl methyl sites for hydroxylation is 1. The molecule has 0 saturated carbocycles. The second kappa shape index (κ2) is 9.44. The highest BCUT2D eigenvalue weighted by Crippen LogP contribution is 2.30. The molecule has 4 rings (SSSR count). The molecule has 1 saturated heterocycles.